The van der Waals surface area contributed by atoms with Gasteiger partial charge in [0.15, 0.2) is 0 Å². The normalized spacial score (nSPS) is 13.6. The molecule has 0 heterocycles. The van der Waals surface area contributed by atoms with Crippen LogP contribution < -0.4 is 0 Å². The molecule has 0 fully saturated rings. The summed E-state index contributed by atoms with van der Waals surface area (Å²) < 4.78 is 16.3. The molecule has 1 atom stereocenters. The molecule has 1 unspecified atom stereocenters. The molecular formula is C11H24O4Si. The summed E-state index contributed by atoms with van der Waals surface area (Å²) in [7, 11) is -1.76. The zero-order valence-electron chi connectivity index (χ0n) is 11.0. The number of hydrogen-bond acceptors (Lipinski definition) is 4. The van der Waals surface area contributed by atoms with Crippen molar-refractivity contribution >= 4 is 14.3 Å². The second kappa shape index (κ2) is 7.81. The van der Waals surface area contributed by atoms with Gasteiger partial charge in [0.1, 0.15) is 0 Å². The van der Waals surface area contributed by atoms with Gasteiger partial charge in [0.05, 0.1) is 6.23 Å². The predicted octanol–water partition coefficient (Wildman–Crippen LogP) is 2.47. The summed E-state index contributed by atoms with van der Waals surface area (Å²) in [6.45, 7) is 10.6. The van der Waals surface area contributed by atoms with Gasteiger partial charge in [0.2, 0.25) is 14.6 Å². The highest BCUT2D eigenvalue weighted by molar-refractivity contribution is 6.71. The van der Waals surface area contributed by atoms with Crippen molar-refractivity contribution in [2.75, 3.05) is 12.8 Å². The van der Waals surface area contributed by atoms with Crippen LogP contribution in [-0.4, -0.2) is 33.4 Å². The summed E-state index contributed by atoms with van der Waals surface area (Å²) in [6, 6.07) is 0. The lowest BCUT2D eigenvalue weighted by atomic mass is 10.4. The van der Waals surface area contributed by atoms with Crippen molar-refractivity contribution in [2.24, 2.45) is 0 Å². The number of carbonyl (C=O) groups excluding carboxylic acids is 1. The average molecular weight is 248 g/mol. The molecule has 0 N–H and O–H groups in total. The van der Waals surface area contributed by atoms with Crippen molar-refractivity contribution in [3.63, 3.8) is 0 Å². The molecule has 16 heavy (non-hydrogen) atoms. The summed E-state index contributed by atoms with van der Waals surface area (Å²) in [5, 5.41) is 0. The van der Waals surface area contributed by atoms with E-state index < -0.39 is 14.6 Å². The molecule has 96 valence electrons. The maximum Gasteiger partial charge on any atom is 0.307 e. The molecule has 0 saturated heterocycles. The molecule has 5 heteroatoms. The first-order valence-electron chi connectivity index (χ1n) is 5.90. The van der Waals surface area contributed by atoms with E-state index in [0.29, 0.717) is 25.7 Å². The lowest BCUT2D eigenvalue weighted by molar-refractivity contribution is -0.176. The van der Waals surface area contributed by atoms with Gasteiger partial charge >= 0.3 is 5.97 Å². The smallest absolute Gasteiger partial charge is 0.307 e. The van der Waals surface area contributed by atoms with Crippen LogP contribution in [0.2, 0.25) is 13.1 Å². The maximum absolute atomic E-state index is 11.1. The van der Waals surface area contributed by atoms with E-state index in [0.717, 1.165) is 0 Å². The van der Waals surface area contributed by atoms with Crippen LogP contribution in [0.5, 0.6) is 0 Å². The molecule has 0 aromatic rings. The van der Waals surface area contributed by atoms with Gasteiger partial charge in [-0.05, 0) is 20.0 Å². The van der Waals surface area contributed by atoms with Crippen molar-refractivity contribution in [1.82, 2.24) is 0 Å². The van der Waals surface area contributed by atoms with Gasteiger partial charge in [0, 0.05) is 19.4 Å². The monoisotopic (exact) mass is 248 g/mol. The maximum atomic E-state index is 11.1. The minimum absolute atomic E-state index is 0.220. The Hall–Kier alpha value is -0.393. The third kappa shape index (κ3) is 6.98. The quantitative estimate of drug-likeness (QED) is 0.376. The van der Waals surface area contributed by atoms with Crippen LogP contribution in [0.4, 0.5) is 0 Å². The van der Waals surface area contributed by atoms with E-state index in [2.05, 4.69) is 13.1 Å². The minimum atomic E-state index is -1.76. The predicted molar refractivity (Wildman–Crippen MR) is 65.5 cm³/mol. The zero-order valence-corrected chi connectivity index (χ0v) is 12.0. The second-order valence-corrected chi connectivity index (χ2v) is 8.28. The summed E-state index contributed by atoms with van der Waals surface area (Å²) in [5.41, 5.74) is 0. The van der Waals surface area contributed by atoms with Gasteiger partial charge < -0.3 is 13.9 Å². The Labute approximate surface area is 99.4 Å². The molecule has 0 aromatic heterocycles. The fourth-order valence-electron chi connectivity index (χ4n) is 1.19. The molecule has 0 bridgehead atoms. The molecule has 0 aliphatic rings. The number of esters is 1. The summed E-state index contributed by atoms with van der Waals surface area (Å²) in [5.74, 6) is -0.220. The Morgan fingerprint density at radius 3 is 2.31 bits per heavy atom. The molecular weight excluding hydrogens is 224 g/mol. The van der Waals surface area contributed by atoms with E-state index in [-0.39, 0.29) is 5.97 Å². The van der Waals surface area contributed by atoms with E-state index in [1.807, 2.05) is 13.8 Å². The van der Waals surface area contributed by atoms with Crippen LogP contribution in [0.15, 0.2) is 0 Å². The highest BCUT2D eigenvalue weighted by atomic mass is 28.4. The van der Waals surface area contributed by atoms with Crippen molar-refractivity contribution in [3.05, 3.63) is 0 Å². The Kier molecular flexibility index (Phi) is 7.62. The van der Waals surface area contributed by atoms with E-state index in [4.69, 9.17) is 13.9 Å². The lowest BCUT2D eigenvalue weighted by Gasteiger charge is -2.25. The van der Waals surface area contributed by atoms with Crippen molar-refractivity contribution in [3.8, 4) is 0 Å². The fourth-order valence-corrected chi connectivity index (χ4v) is 2.64. The van der Waals surface area contributed by atoms with Crippen molar-refractivity contribution in [2.45, 2.75) is 53.0 Å². The third-order valence-electron chi connectivity index (χ3n) is 2.04. The van der Waals surface area contributed by atoms with Gasteiger partial charge in [-0.25, -0.2) is 0 Å². The highest BCUT2D eigenvalue weighted by Gasteiger charge is 2.24. The Bertz CT molecular complexity index is 206. The van der Waals surface area contributed by atoms with Gasteiger partial charge in [-0.2, -0.15) is 0 Å². The van der Waals surface area contributed by atoms with E-state index in [1.165, 1.54) is 0 Å². The molecule has 0 saturated carbocycles. The Morgan fingerprint density at radius 1 is 1.25 bits per heavy atom. The van der Waals surface area contributed by atoms with Crippen LogP contribution >= 0.6 is 0 Å². The van der Waals surface area contributed by atoms with E-state index in [9.17, 15) is 4.79 Å². The number of rotatable bonds is 8. The topological polar surface area (TPSA) is 44.8 Å². The highest BCUT2D eigenvalue weighted by Crippen LogP contribution is 2.09. The lowest BCUT2D eigenvalue weighted by Crippen LogP contribution is -2.39. The van der Waals surface area contributed by atoms with Crippen LogP contribution in [0.1, 0.15) is 33.6 Å². The Morgan fingerprint density at radius 2 is 1.88 bits per heavy atom. The second-order valence-electron chi connectivity index (χ2n) is 4.18. The number of ether oxygens (including phenoxy) is 2. The Balaban J connectivity index is 3.99. The van der Waals surface area contributed by atoms with Gasteiger partial charge in [0.25, 0.3) is 0 Å². The van der Waals surface area contributed by atoms with Crippen molar-refractivity contribution in [1.29, 1.82) is 0 Å². The molecule has 0 aromatic carbocycles. The SMILES string of the molecule is CCO[Si](C)(C)COC(CC)OC(=O)CC. The standard InChI is InChI=1S/C11H24O4Si/c1-6-10(12)15-11(7-2)13-9-16(4,5)14-8-3/h11H,6-9H2,1-5H3. The fraction of sp³-hybridized carbons (Fsp3) is 0.909. The van der Waals surface area contributed by atoms with Gasteiger partial charge in [-0.3, -0.25) is 4.79 Å². The minimum Gasteiger partial charge on any atom is -0.436 e. The molecule has 0 rings (SSSR count). The van der Waals surface area contributed by atoms with Crippen LogP contribution in [-0.2, 0) is 18.7 Å². The largest absolute Gasteiger partial charge is 0.436 e. The molecule has 0 aliphatic heterocycles. The summed E-state index contributed by atoms with van der Waals surface area (Å²) in [4.78, 5) is 11.1. The van der Waals surface area contributed by atoms with Crippen LogP contribution in [0.25, 0.3) is 0 Å². The first-order chi connectivity index (χ1) is 7.45. The molecule has 0 amide bonds. The molecule has 4 nitrogen and oxygen atoms in total. The van der Waals surface area contributed by atoms with E-state index >= 15 is 0 Å². The van der Waals surface area contributed by atoms with E-state index in [1.54, 1.807) is 6.92 Å². The molecule has 0 radical (unpaired) electrons. The van der Waals surface area contributed by atoms with Gasteiger partial charge in [-0.1, -0.05) is 13.8 Å². The molecule has 0 aliphatic carbocycles. The van der Waals surface area contributed by atoms with Crippen LogP contribution in [0, 0.1) is 0 Å². The number of hydrogen-bond donors (Lipinski definition) is 0. The zero-order chi connectivity index (χ0) is 12.6. The first-order valence-corrected chi connectivity index (χ1v) is 9.01. The third-order valence-corrected chi connectivity index (χ3v) is 3.97. The van der Waals surface area contributed by atoms with Crippen LogP contribution in [0.3, 0.4) is 0 Å². The summed E-state index contributed by atoms with van der Waals surface area (Å²) in [6.07, 6.45) is 1.17. The first kappa shape index (κ1) is 15.6. The van der Waals surface area contributed by atoms with Gasteiger partial charge in [-0.15, -0.1) is 0 Å². The van der Waals surface area contributed by atoms with Crippen molar-refractivity contribution < 1.29 is 18.7 Å². The number of carbonyl (C=O) groups is 1. The average Bonchev–Trinajstić information content (AvgIpc) is 2.23. The molecule has 0 spiro atoms. The summed E-state index contributed by atoms with van der Waals surface area (Å²) >= 11 is 0.